The molecule has 0 aliphatic heterocycles. The number of nitrogens with zero attached hydrogens (tertiary/aromatic N) is 3. The number of aromatic carboxylic acids is 1. The Hall–Kier alpha value is -2.22. The van der Waals surface area contributed by atoms with Gasteiger partial charge in [0.15, 0.2) is 0 Å². The summed E-state index contributed by atoms with van der Waals surface area (Å²) in [6, 6.07) is 5.39. The van der Waals surface area contributed by atoms with E-state index in [1.807, 2.05) is 27.1 Å². The number of hydrogen-bond acceptors (Lipinski definition) is 5. The third-order valence-electron chi connectivity index (χ3n) is 6.17. The molecule has 2 aromatic heterocycles. The minimum absolute atomic E-state index is 0.261. The summed E-state index contributed by atoms with van der Waals surface area (Å²) in [5, 5.41) is 24.4. The zero-order chi connectivity index (χ0) is 21.4. The van der Waals surface area contributed by atoms with Gasteiger partial charge in [-0.1, -0.05) is 25.3 Å². The van der Waals surface area contributed by atoms with Crippen LogP contribution in [0.5, 0.6) is 0 Å². The molecule has 1 aromatic carbocycles. The molecule has 0 spiro atoms. The monoisotopic (exact) mass is 427 g/mol. The molecule has 0 bridgehead atoms. The second-order valence-electron chi connectivity index (χ2n) is 8.44. The molecule has 7 heteroatoms. The quantitative estimate of drug-likeness (QED) is 0.558. The normalized spacial score (nSPS) is 16.4. The Bertz CT molecular complexity index is 1060. The van der Waals surface area contributed by atoms with Gasteiger partial charge in [-0.15, -0.1) is 11.3 Å². The number of carboxylic acid groups (broad SMARTS) is 1. The minimum atomic E-state index is -0.942. The van der Waals surface area contributed by atoms with Crippen LogP contribution in [0.3, 0.4) is 0 Å². The predicted molar refractivity (Wildman–Crippen MR) is 120 cm³/mol. The number of rotatable bonds is 6. The summed E-state index contributed by atoms with van der Waals surface area (Å²) >= 11 is 1.61. The number of carbonyl (C=O) groups is 1. The maximum atomic E-state index is 11.7. The van der Waals surface area contributed by atoms with E-state index in [-0.39, 0.29) is 5.56 Å². The Morgan fingerprint density at radius 2 is 2.03 bits per heavy atom. The van der Waals surface area contributed by atoms with Gasteiger partial charge < -0.3 is 14.8 Å². The van der Waals surface area contributed by atoms with Gasteiger partial charge in [-0.2, -0.15) is 0 Å². The summed E-state index contributed by atoms with van der Waals surface area (Å²) in [5.74, 6) is -0.519. The first-order valence-corrected chi connectivity index (χ1v) is 11.4. The van der Waals surface area contributed by atoms with Crippen molar-refractivity contribution >= 4 is 28.2 Å². The van der Waals surface area contributed by atoms with Crippen molar-refractivity contribution in [3.05, 3.63) is 39.7 Å². The van der Waals surface area contributed by atoms with Crippen LogP contribution in [0.2, 0.25) is 0 Å². The third kappa shape index (κ3) is 3.89. The Morgan fingerprint density at radius 3 is 2.63 bits per heavy atom. The third-order valence-corrected chi connectivity index (χ3v) is 6.94. The van der Waals surface area contributed by atoms with Crippen molar-refractivity contribution in [3.63, 3.8) is 0 Å². The first kappa shape index (κ1) is 21.0. The zero-order valence-electron chi connectivity index (χ0n) is 17.8. The van der Waals surface area contributed by atoms with Crippen molar-refractivity contribution in [2.24, 2.45) is 0 Å². The van der Waals surface area contributed by atoms with Crippen LogP contribution in [0.15, 0.2) is 23.6 Å². The van der Waals surface area contributed by atoms with Crippen LogP contribution in [0.1, 0.15) is 59.0 Å². The molecule has 3 aromatic rings. The Kier molecular flexibility index (Phi) is 5.95. The molecule has 30 heavy (non-hydrogen) atoms. The summed E-state index contributed by atoms with van der Waals surface area (Å²) < 4.78 is 2.09. The van der Waals surface area contributed by atoms with E-state index in [0.29, 0.717) is 12.5 Å². The summed E-state index contributed by atoms with van der Waals surface area (Å²) in [6.45, 7) is 2.35. The van der Waals surface area contributed by atoms with Crippen molar-refractivity contribution in [2.45, 2.75) is 57.7 Å². The number of likely N-dealkylation sites (N-methyl/N-ethyl adjacent to an activating group) is 1. The highest BCUT2D eigenvalue weighted by Gasteiger charge is 2.29. The average molecular weight is 428 g/mol. The zero-order valence-corrected chi connectivity index (χ0v) is 18.6. The fourth-order valence-electron chi connectivity index (χ4n) is 4.58. The number of fused-ring (bicyclic) bond motifs is 1. The van der Waals surface area contributed by atoms with Crippen molar-refractivity contribution < 1.29 is 15.0 Å². The molecule has 2 heterocycles. The summed E-state index contributed by atoms with van der Waals surface area (Å²) in [7, 11) is 3.68. The van der Waals surface area contributed by atoms with Gasteiger partial charge in [-0.25, -0.2) is 9.78 Å². The Balaban J connectivity index is 2.01. The highest BCUT2D eigenvalue weighted by atomic mass is 32.1. The summed E-state index contributed by atoms with van der Waals surface area (Å²) in [5.41, 5.74) is 4.33. The molecule has 1 saturated carbocycles. The highest BCUT2D eigenvalue weighted by molar-refractivity contribution is 7.09. The van der Waals surface area contributed by atoms with Gasteiger partial charge in [-0.05, 0) is 57.5 Å². The molecule has 6 nitrogen and oxygen atoms in total. The number of carboxylic acids is 1. The lowest BCUT2D eigenvalue weighted by molar-refractivity contribution is 0.0273. The number of hydrogen-bond donors (Lipinski definition) is 2. The lowest BCUT2D eigenvalue weighted by Gasteiger charge is -2.24. The molecule has 1 aliphatic rings. The Morgan fingerprint density at radius 1 is 1.30 bits per heavy atom. The molecule has 1 atom stereocenters. The summed E-state index contributed by atoms with van der Waals surface area (Å²) in [6.07, 6.45) is 5.26. The molecule has 1 unspecified atom stereocenters. The molecule has 1 aliphatic carbocycles. The van der Waals surface area contributed by atoms with Crippen molar-refractivity contribution in [1.82, 2.24) is 14.5 Å². The first-order valence-electron chi connectivity index (χ1n) is 10.5. The molecule has 1 fully saturated rings. The second kappa shape index (κ2) is 8.49. The van der Waals surface area contributed by atoms with Crippen LogP contribution in [0, 0.1) is 6.92 Å². The highest BCUT2D eigenvalue weighted by Crippen LogP contribution is 2.44. The molecular weight excluding hydrogens is 398 g/mol. The van der Waals surface area contributed by atoms with Gasteiger partial charge in [-0.3, -0.25) is 4.90 Å². The molecule has 0 amide bonds. The number of aromatic nitrogens is 2. The SMILES string of the molecule is Cc1nc(-c2c(C3CCCCC3)c3ccc(C(=O)O)cc3n2CC(O)N(C)C)cs1. The summed E-state index contributed by atoms with van der Waals surface area (Å²) in [4.78, 5) is 18.2. The molecule has 4 rings (SSSR count). The maximum absolute atomic E-state index is 11.7. The van der Waals surface area contributed by atoms with Crippen LogP contribution in [-0.2, 0) is 6.54 Å². The van der Waals surface area contributed by atoms with Crippen LogP contribution in [0.4, 0.5) is 0 Å². The average Bonchev–Trinajstić information content (AvgIpc) is 3.29. The predicted octanol–water partition coefficient (Wildman–Crippen LogP) is 4.70. The molecule has 160 valence electrons. The van der Waals surface area contributed by atoms with E-state index in [9.17, 15) is 15.0 Å². The molecule has 0 saturated heterocycles. The largest absolute Gasteiger partial charge is 0.478 e. The van der Waals surface area contributed by atoms with Crippen LogP contribution in [-0.4, -0.2) is 51.0 Å². The van der Waals surface area contributed by atoms with Crippen LogP contribution >= 0.6 is 11.3 Å². The second-order valence-corrected chi connectivity index (χ2v) is 9.50. The van der Waals surface area contributed by atoms with Crippen LogP contribution < -0.4 is 0 Å². The van der Waals surface area contributed by atoms with E-state index < -0.39 is 12.2 Å². The standard InChI is InChI=1S/C23H29N3O3S/c1-14-24-18(13-30-14)22-21(15-7-5-4-6-8-15)17-10-9-16(23(28)29)11-19(17)26(22)12-20(27)25(2)3/h9-11,13,15,20,27H,4-8,12H2,1-3H3,(H,28,29). The minimum Gasteiger partial charge on any atom is -0.478 e. The van der Waals surface area contributed by atoms with Gasteiger partial charge in [0.05, 0.1) is 28.5 Å². The number of aliphatic hydroxyl groups is 1. The topological polar surface area (TPSA) is 78.6 Å². The molecule has 2 N–H and O–H groups in total. The fraction of sp³-hybridized carbons (Fsp3) is 0.478. The number of thiazole rings is 1. The van der Waals surface area contributed by atoms with Gasteiger partial charge in [0.25, 0.3) is 0 Å². The van der Waals surface area contributed by atoms with Gasteiger partial charge in [0.1, 0.15) is 6.23 Å². The van der Waals surface area contributed by atoms with Crippen molar-refractivity contribution in [2.75, 3.05) is 14.1 Å². The molecular formula is C23H29N3O3S. The van der Waals surface area contributed by atoms with Gasteiger partial charge in [0.2, 0.25) is 0 Å². The van der Waals surface area contributed by atoms with Gasteiger partial charge >= 0.3 is 5.97 Å². The Labute approximate surface area is 180 Å². The van der Waals surface area contributed by atoms with E-state index in [1.165, 1.54) is 24.8 Å². The van der Waals surface area contributed by atoms with E-state index in [0.717, 1.165) is 40.1 Å². The van der Waals surface area contributed by atoms with E-state index in [1.54, 1.807) is 28.4 Å². The van der Waals surface area contributed by atoms with Gasteiger partial charge in [0, 0.05) is 16.3 Å². The van der Waals surface area contributed by atoms with Crippen molar-refractivity contribution in [3.8, 4) is 11.4 Å². The maximum Gasteiger partial charge on any atom is 0.335 e. The number of aryl methyl sites for hydroxylation is 1. The fourth-order valence-corrected chi connectivity index (χ4v) is 5.18. The van der Waals surface area contributed by atoms with E-state index in [4.69, 9.17) is 4.98 Å². The lowest BCUT2D eigenvalue weighted by Crippen LogP contribution is -2.32. The first-order chi connectivity index (χ1) is 14.4. The molecule has 0 radical (unpaired) electrons. The van der Waals surface area contributed by atoms with E-state index in [2.05, 4.69) is 9.95 Å². The van der Waals surface area contributed by atoms with Crippen molar-refractivity contribution in [1.29, 1.82) is 0 Å². The number of aliphatic hydroxyl groups excluding tert-OH is 1. The lowest BCUT2D eigenvalue weighted by atomic mass is 9.82. The van der Waals surface area contributed by atoms with E-state index >= 15 is 0 Å². The smallest absolute Gasteiger partial charge is 0.335 e. The van der Waals surface area contributed by atoms with Crippen LogP contribution in [0.25, 0.3) is 22.3 Å². The number of benzene rings is 1.